The molecule has 2 aliphatic rings. The molecule has 1 aromatic carbocycles. The van der Waals surface area contributed by atoms with E-state index in [-0.39, 0.29) is 11.8 Å². The third kappa shape index (κ3) is 3.83. The van der Waals surface area contributed by atoms with E-state index < -0.39 is 0 Å². The molecule has 6 heteroatoms. The van der Waals surface area contributed by atoms with Crippen molar-refractivity contribution in [2.45, 2.75) is 13.0 Å². The summed E-state index contributed by atoms with van der Waals surface area (Å²) in [5.74, 6) is 0.0949. The Hall–Kier alpha value is -2.18. The van der Waals surface area contributed by atoms with Crippen LogP contribution in [0.5, 0.6) is 0 Å². The number of fused-ring (bicyclic) bond motifs is 1. The number of hydrogen-bond donors (Lipinski definition) is 0. The fourth-order valence-electron chi connectivity index (χ4n) is 2.84. The number of carbonyl (C=O) groups excluding carboxylic acids is 1. The molecule has 0 bridgehead atoms. The van der Waals surface area contributed by atoms with Crippen LogP contribution in [-0.4, -0.2) is 53.0 Å². The first-order chi connectivity index (χ1) is 11.6. The first-order valence-electron chi connectivity index (χ1n) is 8.02. The number of benzene rings is 1. The molecule has 0 saturated heterocycles. The number of hydrogen-bond acceptors (Lipinski definition) is 4. The van der Waals surface area contributed by atoms with Crippen molar-refractivity contribution in [2.24, 2.45) is 15.9 Å². The second-order valence-electron chi connectivity index (χ2n) is 5.96. The first kappa shape index (κ1) is 16.7. The van der Waals surface area contributed by atoms with Crippen LogP contribution >= 0.6 is 12.2 Å². The average molecular weight is 340 g/mol. The molecule has 5 nitrogen and oxygen atoms in total. The largest absolute Gasteiger partial charge is 0.302 e. The zero-order chi connectivity index (χ0) is 16.9. The van der Waals surface area contributed by atoms with Crippen LogP contribution in [0.3, 0.4) is 0 Å². The first-order valence-corrected chi connectivity index (χ1v) is 8.43. The van der Waals surface area contributed by atoms with E-state index in [1.54, 1.807) is 17.2 Å². The number of aliphatic imine (C=N–C) groups is 2. The summed E-state index contributed by atoms with van der Waals surface area (Å²) in [5.41, 5.74) is 1.28. The van der Waals surface area contributed by atoms with Crippen molar-refractivity contribution in [2.75, 3.05) is 20.1 Å². The maximum absolute atomic E-state index is 12.6. The summed E-state index contributed by atoms with van der Waals surface area (Å²) in [6.07, 6.45) is 6.09. The van der Waals surface area contributed by atoms with Crippen LogP contribution in [0.1, 0.15) is 12.0 Å². The molecule has 1 amide bonds. The van der Waals surface area contributed by atoms with Crippen LogP contribution in [0.25, 0.3) is 0 Å². The molecule has 2 heterocycles. The van der Waals surface area contributed by atoms with Crippen LogP contribution in [0, 0.1) is 5.92 Å². The van der Waals surface area contributed by atoms with Crippen molar-refractivity contribution >= 4 is 35.3 Å². The molecule has 0 spiro atoms. The fraction of sp³-hybridized carbons (Fsp3) is 0.333. The Labute approximate surface area is 147 Å². The van der Waals surface area contributed by atoms with Gasteiger partial charge in [0.15, 0.2) is 0 Å². The summed E-state index contributed by atoms with van der Waals surface area (Å²) >= 11 is 5.26. The smallest absolute Gasteiger partial charge is 0.243 e. The minimum atomic E-state index is -0.385. The van der Waals surface area contributed by atoms with Gasteiger partial charge < -0.3 is 4.90 Å². The zero-order valence-corrected chi connectivity index (χ0v) is 14.4. The Morgan fingerprint density at radius 1 is 1.29 bits per heavy atom. The van der Waals surface area contributed by atoms with E-state index >= 15 is 0 Å². The standard InChI is InChI=1S/C18H20N4OS/c1-21(13-14-7-3-2-4-8-14)11-6-12-22-17(23)15-9-5-10-19-16(15)20-18(22)24/h2-5,7-10,15H,6,11-13H2,1H3. The molecule has 0 radical (unpaired) electrons. The molecule has 2 aliphatic heterocycles. The summed E-state index contributed by atoms with van der Waals surface area (Å²) in [6.45, 7) is 2.36. The molecule has 24 heavy (non-hydrogen) atoms. The van der Waals surface area contributed by atoms with Gasteiger partial charge in [-0.15, -0.1) is 0 Å². The molecule has 0 aromatic heterocycles. The molecule has 0 saturated carbocycles. The molecule has 0 N–H and O–H groups in total. The monoisotopic (exact) mass is 340 g/mol. The third-order valence-corrected chi connectivity index (χ3v) is 4.38. The van der Waals surface area contributed by atoms with Crippen LogP contribution in [0.2, 0.25) is 0 Å². The predicted molar refractivity (Wildman–Crippen MR) is 100 cm³/mol. The van der Waals surface area contributed by atoms with Gasteiger partial charge in [-0.05, 0) is 43.9 Å². The van der Waals surface area contributed by atoms with Gasteiger partial charge in [-0.3, -0.25) is 9.69 Å². The lowest BCUT2D eigenvalue weighted by molar-refractivity contribution is -0.128. The van der Waals surface area contributed by atoms with Gasteiger partial charge in [-0.25, -0.2) is 9.98 Å². The highest BCUT2D eigenvalue weighted by Crippen LogP contribution is 2.19. The van der Waals surface area contributed by atoms with Gasteiger partial charge in [-0.1, -0.05) is 36.4 Å². The summed E-state index contributed by atoms with van der Waals surface area (Å²) in [6, 6.07) is 10.3. The fourth-order valence-corrected chi connectivity index (χ4v) is 3.11. The van der Waals surface area contributed by atoms with Gasteiger partial charge in [0.05, 0.1) is 0 Å². The number of nitrogens with zero attached hydrogens (tertiary/aromatic N) is 4. The second kappa shape index (κ2) is 7.59. The predicted octanol–water partition coefficient (Wildman–Crippen LogP) is 2.29. The van der Waals surface area contributed by atoms with Crippen LogP contribution in [0.4, 0.5) is 0 Å². The Kier molecular flexibility index (Phi) is 5.27. The van der Waals surface area contributed by atoms with Crippen molar-refractivity contribution in [1.82, 2.24) is 9.80 Å². The molecule has 0 fully saturated rings. The van der Waals surface area contributed by atoms with Crippen molar-refractivity contribution in [3.63, 3.8) is 0 Å². The van der Waals surface area contributed by atoms with Gasteiger partial charge >= 0.3 is 0 Å². The Balaban J connectivity index is 1.52. The lowest BCUT2D eigenvalue weighted by Gasteiger charge is -2.30. The molecule has 3 rings (SSSR count). The summed E-state index contributed by atoms with van der Waals surface area (Å²) in [7, 11) is 2.08. The number of amides is 1. The normalized spacial score (nSPS) is 19.7. The average Bonchev–Trinajstić information content (AvgIpc) is 2.59. The van der Waals surface area contributed by atoms with Crippen LogP contribution in [-0.2, 0) is 11.3 Å². The Morgan fingerprint density at radius 2 is 2.08 bits per heavy atom. The second-order valence-corrected chi connectivity index (χ2v) is 6.33. The maximum atomic E-state index is 12.6. The minimum absolute atomic E-state index is 0.0242. The molecule has 1 unspecified atom stereocenters. The van der Waals surface area contributed by atoms with E-state index in [0.717, 1.165) is 19.5 Å². The molecule has 1 atom stereocenters. The summed E-state index contributed by atoms with van der Waals surface area (Å²) in [5, 5.41) is 0.324. The molecule has 1 aromatic rings. The highest BCUT2D eigenvalue weighted by Gasteiger charge is 2.34. The van der Waals surface area contributed by atoms with E-state index in [2.05, 4.69) is 34.1 Å². The number of amidine groups is 1. The lowest BCUT2D eigenvalue weighted by atomic mass is 10.0. The van der Waals surface area contributed by atoms with Gasteiger partial charge in [0, 0.05) is 19.3 Å². The summed E-state index contributed by atoms with van der Waals surface area (Å²) < 4.78 is 0. The number of allylic oxidation sites excluding steroid dienone is 1. The quantitative estimate of drug-likeness (QED) is 0.747. The zero-order valence-electron chi connectivity index (χ0n) is 13.6. The van der Waals surface area contributed by atoms with Crippen molar-refractivity contribution < 1.29 is 4.79 Å². The van der Waals surface area contributed by atoms with Crippen molar-refractivity contribution in [1.29, 1.82) is 0 Å². The van der Waals surface area contributed by atoms with Crippen molar-refractivity contribution in [3.8, 4) is 0 Å². The number of dihydropyridines is 1. The van der Waals surface area contributed by atoms with Crippen LogP contribution in [0.15, 0.2) is 52.5 Å². The highest BCUT2D eigenvalue weighted by molar-refractivity contribution is 7.80. The van der Waals surface area contributed by atoms with Crippen LogP contribution < -0.4 is 0 Å². The number of carbonyl (C=O) groups is 1. The number of rotatable bonds is 6. The van der Waals surface area contributed by atoms with E-state index in [1.165, 1.54) is 5.56 Å². The van der Waals surface area contributed by atoms with Gasteiger partial charge in [0.25, 0.3) is 0 Å². The summed E-state index contributed by atoms with van der Waals surface area (Å²) in [4.78, 5) is 24.8. The Morgan fingerprint density at radius 3 is 2.88 bits per heavy atom. The SMILES string of the molecule is CN(CCCN1C(=O)C2C=CC=NC2=NC1=S)Cc1ccccc1. The van der Waals surface area contributed by atoms with E-state index in [4.69, 9.17) is 12.2 Å². The van der Waals surface area contributed by atoms with Crippen molar-refractivity contribution in [3.05, 3.63) is 48.0 Å². The Bertz CT molecular complexity index is 711. The van der Waals surface area contributed by atoms with Gasteiger partial charge in [0.2, 0.25) is 11.0 Å². The lowest BCUT2D eigenvalue weighted by Crippen LogP contribution is -2.46. The molecular weight excluding hydrogens is 320 g/mol. The molecular formula is C18H20N4OS. The van der Waals surface area contributed by atoms with Gasteiger partial charge in [-0.2, -0.15) is 0 Å². The maximum Gasteiger partial charge on any atom is 0.243 e. The highest BCUT2D eigenvalue weighted by atomic mass is 32.1. The minimum Gasteiger partial charge on any atom is -0.302 e. The molecule has 124 valence electrons. The molecule has 0 aliphatic carbocycles. The van der Waals surface area contributed by atoms with E-state index in [1.807, 2.05) is 24.3 Å². The van der Waals surface area contributed by atoms with E-state index in [0.29, 0.717) is 17.5 Å². The van der Waals surface area contributed by atoms with E-state index in [9.17, 15) is 4.79 Å². The number of thiocarbonyl (C=S) groups is 1. The van der Waals surface area contributed by atoms with Gasteiger partial charge in [0.1, 0.15) is 11.8 Å². The topological polar surface area (TPSA) is 48.3 Å². The third-order valence-electron chi connectivity index (χ3n) is 4.06.